The van der Waals surface area contributed by atoms with Crippen LogP contribution in [0.25, 0.3) is 0 Å². The van der Waals surface area contributed by atoms with Gasteiger partial charge in [0.25, 0.3) is 0 Å². The number of hydrogen-bond donors (Lipinski definition) is 2. The van der Waals surface area contributed by atoms with Gasteiger partial charge in [0, 0.05) is 17.1 Å². The van der Waals surface area contributed by atoms with Gasteiger partial charge in [-0.15, -0.1) is 0 Å². The van der Waals surface area contributed by atoms with E-state index >= 15 is 0 Å². The number of nitrogens with one attached hydrogen (secondary N) is 1. The third-order valence-corrected chi connectivity index (χ3v) is 4.06. The van der Waals surface area contributed by atoms with Crippen LogP contribution < -0.4 is 5.73 Å². The quantitative estimate of drug-likeness (QED) is 0.658. The highest BCUT2D eigenvalue weighted by Crippen LogP contribution is 2.21. The zero-order valence-corrected chi connectivity index (χ0v) is 12.0. The lowest BCUT2D eigenvalue weighted by Gasteiger charge is -2.25. The van der Waals surface area contributed by atoms with Crippen LogP contribution in [0.4, 0.5) is 0 Å². The van der Waals surface area contributed by atoms with Crippen molar-refractivity contribution in [2.24, 2.45) is 5.73 Å². The minimum atomic E-state index is 0.0692. The zero-order chi connectivity index (χ0) is 13.7. The summed E-state index contributed by atoms with van der Waals surface area (Å²) in [4.78, 5) is 2.48. The number of likely N-dealkylation sites (tertiary alicyclic amines) is 1. The van der Waals surface area contributed by atoms with Crippen molar-refractivity contribution in [2.75, 3.05) is 13.1 Å². The van der Waals surface area contributed by atoms with E-state index in [1.165, 1.54) is 32.1 Å². The monoisotopic (exact) mass is 279 g/mol. The summed E-state index contributed by atoms with van der Waals surface area (Å²) in [5.74, 6) is 0.0692. The second-order valence-electron chi connectivity index (χ2n) is 5.26. The largest absolute Gasteiger partial charge is 0.384 e. The Bertz CT molecular complexity index is 437. The molecule has 0 bridgehead atoms. The predicted octanol–water partition coefficient (Wildman–Crippen LogP) is 3.39. The lowest BCUT2D eigenvalue weighted by molar-refractivity contribution is 0.240. The topological polar surface area (TPSA) is 53.1 Å². The molecule has 1 aromatic carbocycles. The second-order valence-corrected chi connectivity index (χ2v) is 5.67. The Balaban J connectivity index is 2.03. The molecule has 0 unspecified atom stereocenters. The highest BCUT2D eigenvalue weighted by Gasteiger charge is 2.11. The van der Waals surface area contributed by atoms with E-state index in [4.69, 9.17) is 22.7 Å². The van der Waals surface area contributed by atoms with Gasteiger partial charge in [-0.3, -0.25) is 10.3 Å². The number of halogens is 1. The van der Waals surface area contributed by atoms with Crippen molar-refractivity contribution in [2.45, 2.75) is 38.6 Å². The van der Waals surface area contributed by atoms with Gasteiger partial charge in [-0.1, -0.05) is 43.0 Å². The smallest absolute Gasteiger partial charge is 0.122 e. The van der Waals surface area contributed by atoms with Crippen LogP contribution in [0.1, 0.15) is 43.2 Å². The number of nitrogens with zero attached hydrogens (tertiary/aromatic N) is 1. The van der Waals surface area contributed by atoms with Gasteiger partial charge in [-0.05, 0) is 37.6 Å². The standard InChI is InChI=1S/C15H22ClN3/c16-14-10-12(15(17)18)6-7-13(14)11-19-8-4-2-1-3-5-9-19/h6-7,10H,1-5,8-9,11H2,(H3,17,18). The Labute approximate surface area is 120 Å². The molecule has 1 saturated heterocycles. The van der Waals surface area contributed by atoms with Crippen LogP contribution in [0.2, 0.25) is 5.02 Å². The molecule has 1 aromatic rings. The van der Waals surface area contributed by atoms with E-state index < -0.39 is 0 Å². The van der Waals surface area contributed by atoms with Crippen molar-refractivity contribution >= 4 is 17.4 Å². The number of nitrogen functional groups attached to an aromatic ring is 1. The van der Waals surface area contributed by atoms with E-state index in [0.717, 1.165) is 30.2 Å². The maximum atomic E-state index is 7.42. The summed E-state index contributed by atoms with van der Waals surface area (Å²) >= 11 is 6.29. The highest BCUT2D eigenvalue weighted by atomic mass is 35.5. The molecule has 3 nitrogen and oxygen atoms in total. The van der Waals surface area contributed by atoms with Crippen molar-refractivity contribution in [3.63, 3.8) is 0 Å². The fourth-order valence-corrected chi connectivity index (χ4v) is 2.80. The summed E-state index contributed by atoms with van der Waals surface area (Å²) in [6.45, 7) is 3.21. The molecule has 0 saturated carbocycles. The Morgan fingerprint density at radius 2 is 1.79 bits per heavy atom. The molecule has 0 amide bonds. The van der Waals surface area contributed by atoms with Crippen LogP contribution in [0, 0.1) is 5.41 Å². The highest BCUT2D eigenvalue weighted by molar-refractivity contribution is 6.31. The summed E-state index contributed by atoms with van der Waals surface area (Å²) in [6.07, 6.45) is 6.62. The molecule has 0 aliphatic carbocycles. The van der Waals surface area contributed by atoms with E-state index in [-0.39, 0.29) is 5.84 Å². The summed E-state index contributed by atoms with van der Waals surface area (Å²) in [5.41, 5.74) is 7.30. The van der Waals surface area contributed by atoms with Crippen molar-refractivity contribution < 1.29 is 0 Å². The number of hydrogen-bond acceptors (Lipinski definition) is 2. The van der Waals surface area contributed by atoms with E-state index in [9.17, 15) is 0 Å². The molecule has 0 radical (unpaired) electrons. The van der Waals surface area contributed by atoms with Crippen LogP contribution >= 0.6 is 11.6 Å². The maximum absolute atomic E-state index is 7.42. The van der Waals surface area contributed by atoms with Gasteiger partial charge in [-0.2, -0.15) is 0 Å². The average molecular weight is 280 g/mol. The summed E-state index contributed by atoms with van der Waals surface area (Å²) in [5, 5.41) is 8.13. The molecular formula is C15H22ClN3. The van der Waals surface area contributed by atoms with Crippen LogP contribution in [0.3, 0.4) is 0 Å². The third-order valence-electron chi connectivity index (χ3n) is 3.71. The molecular weight excluding hydrogens is 258 g/mol. The Hall–Kier alpha value is -1.06. The number of benzene rings is 1. The number of nitrogens with two attached hydrogens (primary N) is 1. The molecule has 1 aliphatic heterocycles. The molecule has 1 fully saturated rings. The van der Waals surface area contributed by atoms with Crippen molar-refractivity contribution in [1.29, 1.82) is 5.41 Å². The first kappa shape index (κ1) is 14.4. The lowest BCUT2D eigenvalue weighted by atomic mass is 10.1. The van der Waals surface area contributed by atoms with E-state index in [1.807, 2.05) is 12.1 Å². The molecule has 104 valence electrons. The van der Waals surface area contributed by atoms with Gasteiger partial charge < -0.3 is 5.73 Å². The lowest BCUT2D eigenvalue weighted by Crippen LogP contribution is -2.27. The predicted molar refractivity (Wildman–Crippen MR) is 80.8 cm³/mol. The maximum Gasteiger partial charge on any atom is 0.122 e. The van der Waals surface area contributed by atoms with Gasteiger partial charge >= 0.3 is 0 Å². The molecule has 19 heavy (non-hydrogen) atoms. The first-order chi connectivity index (χ1) is 9.16. The third kappa shape index (κ3) is 4.22. The van der Waals surface area contributed by atoms with Crippen LogP contribution in [-0.2, 0) is 6.54 Å². The fraction of sp³-hybridized carbons (Fsp3) is 0.533. The normalized spacial score (nSPS) is 17.7. The zero-order valence-electron chi connectivity index (χ0n) is 11.3. The molecule has 1 heterocycles. The molecule has 1 aliphatic rings. The summed E-state index contributed by atoms with van der Waals surface area (Å²) in [7, 11) is 0. The van der Waals surface area contributed by atoms with Gasteiger partial charge in [0.05, 0.1) is 0 Å². The molecule has 0 spiro atoms. The average Bonchev–Trinajstić information content (AvgIpc) is 2.34. The van der Waals surface area contributed by atoms with E-state index in [1.54, 1.807) is 6.07 Å². The van der Waals surface area contributed by atoms with Crippen LogP contribution in [0.15, 0.2) is 18.2 Å². The van der Waals surface area contributed by atoms with Gasteiger partial charge in [0.15, 0.2) is 0 Å². The summed E-state index contributed by atoms with van der Waals surface area (Å²) < 4.78 is 0. The summed E-state index contributed by atoms with van der Waals surface area (Å²) in [6, 6.07) is 5.68. The van der Waals surface area contributed by atoms with E-state index in [0.29, 0.717) is 5.56 Å². The molecule has 0 aromatic heterocycles. The van der Waals surface area contributed by atoms with Crippen molar-refractivity contribution in [3.05, 3.63) is 34.3 Å². The van der Waals surface area contributed by atoms with Crippen LogP contribution in [-0.4, -0.2) is 23.8 Å². The van der Waals surface area contributed by atoms with Crippen LogP contribution in [0.5, 0.6) is 0 Å². The van der Waals surface area contributed by atoms with Crippen molar-refractivity contribution in [1.82, 2.24) is 4.90 Å². The number of amidine groups is 1. The minimum absolute atomic E-state index is 0.0692. The Morgan fingerprint density at radius 1 is 1.16 bits per heavy atom. The Kier molecular flexibility index (Phi) is 5.23. The molecule has 2 rings (SSSR count). The van der Waals surface area contributed by atoms with Gasteiger partial charge in [0.1, 0.15) is 5.84 Å². The van der Waals surface area contributed by atoms with Crippen molar-refractivity contribution in [3.8, 4) is 0 Å². The number of rotatable bonds is 3. The van der Waals surface area contributed by atoms with Gasteiger partial charge in [-0.25, -0.2) is 0 Å². The fourth-order valence-electron chi connectivity index (χ4n) is 2.56. The molecule has 4 heteroatoms. The molecule has 3 N–H and O–H groups in total. The second kappa shape index (κ2) is 6.92. The first-order valence-corrected chi connectivity index (χ1v) is 7.40. The van der Waals surface area contributed by atoms with E-state index in [2.05, 4.69) is 4.90 Å². The first-order valence-electron chi connectivity index (χ1n) is 7.02. The SMILES string of the molecule is N=C(N)c1ccc(CN2CCCCCCC2)c(Cl)c1. The Morgan fingerprint density at radius 3 is 2.37 bits per heavy atom. The molecule has 0 atom stereocenters. The minimum Gasteiger partial charge on any atom is -0.384 e. The van der Waals surface area contributed by atoms with Gasteiger partial charge in [0.2, 0.25) is 0 Å².